The van der Waals surface area contributed by atoms with Crippen LogP contribution in [0.25, 0.3) is 0 Å². The summed E-state index contributed by atoms with van der Waals surface area (Å²) in [4.78, 5) is 12.0. The molecule has 0 unspecified atom stereocenters. The molecule has 1 aromatic carbocycles. The van der Waals surface area contributed by atoms with Crippen LogP contribution in [-0.2, 0) is 0 Å². The van der Waals surface area contributed by atoms with Crippen molar-refractivity contribution in [1.29, 1.82) is 0 Å². The van der Waals surface area contributed by atoms with Crippen molar-refractivity contribution in [2.75, 3.05) is 13.2 Å². The first kappa shape index (κ1) is 14.6. The molecule has 0 saturated heterocycles. The number of hydrogen-bond acceptors (Lipinski definition) is 2. The lowest BCUT2D eigenvalue weighted by atomic mass is 9.70. The van der Waals surface area contributed by atoms with Gasteiger partial charge in [0.25, 0.3) is 5.91 Å². The summed E-state index contributed by atoms with van der Waals surface area (Å²) in [5.41, 5.74) is 1.83. The molecule has 1 amide bonds. The Bertz CT molecular complexity index is 518. The summed E-state index contributed by atoms with van der Waals surface area (Å²) in [7, 11) is 0. The summed E-state index contributed by atoms with van der Waals surface area (Å²) < 4.78 is 0. The van der Waals surface area contributed by atoms with Gasteiger partial charge < -0.3 is 10.4 Å². The van der Waals surface area contributed by atoms with Gasteiger partial charge in [0, 0.05) is 24.1 Å². The molecule has 0 aliphatic heterocycles. The summed E-state index contributed by atoms with van der Waals surface area (Å²) in [5.74, 6) is 5.78. The highest BCUT2D eigenvalue weighted by molar-refractivity contribution is 5.94. The summed E-state index contributed by atoms with van der Waals surface area (Å²) in [6.45, 7) is 3.05. The first-order valence-electron chi connectivity index (χ1n) is 7.11. The second kappa shape index (κ2) is 6.58. The van der Waals surface area contributed by atoms with E-state index >= 15 is 0 Å². The molecule has 0 radical (unpaired) electrons. The maximum absolute atomic E-state index is 12.0. The summed E-state index contributed by atoms with van der Waals surface area (Å²) >= 11 is 0. The van der Waals surface area contributed by atoms with E-state index in [0.717, 1.165) is 12.1 Å². The summed E-state index contributed by atoms with van der Waals surface area (Å²) in [6, 6.07) is 7.26. The van der Waals surface area contributed by atoms with Gasteiger partial charge in [-0.1, -0.05) is 25.2 Å². The molecular weight excluding hydrogens is 250 g/mol. The molecule has 0 aromatic heterocycles. The molecule has 20 heavy (non-hydrogen) atoms. The number of nitrogens with one attached hydrogen (secondary N) is 1. The lowest BCUT2D eigenvalue weighted by Crippen LogP contribution is -2.39. The Morgan fingerprint density at radius 2 is 2.05 bits per heavy atom. The van der Waals surface area contributed by atoms with Gasteiger partial charge >= 0.3 is 0 Å². The molecular formula is C17H21NO2. The van der Waals surface area contributed by atoms with Crippen LogP contribution in [0.2, 0.25) is 0 Å². The SMILES string of the molecule is CC1(CNC(=O)c2ccc(C#CCCO)cc2)CCC1. The number of benzene rings is 1. The number of hydrogen-bond donors (Lipinski definition) is 2. The Morgan fingerprint density at radius 1 is 1.35 bits per heavy atom. The highest BCUT2D eigenvalue weighted by Gasteiger charge is 2.31. The quantitative estimate of drug-likeness (QED) is 0.826. The Kier molecular flexibility index (Phi) is 4.81. The van der Waals surface area contributed by atoms with Crippen LogP contribution >= 0.6 is 0 Å². The van der Waals surface area contributed by atoms with Crippen molar-refractivity contribution in [3.8, 4) is 11.8 Å². The monoisotopic (exact) mass is 271 g/mol. The molecule has 1 aliphatic rings. The van der Waals surface area contributed by atoms with E-state index in [1.54, 1.807) is 12.1 Å². The van der Waals surface area contributed by atoms with E-state index in [0.29, 0.717) is 17.4 Å². The van der Waals surface area contributed by atoms with E-state index < -0.39 is 0 Å². The van der Waals surface area contributed by atoms with Gasteiger partial charge in [-0.25, -0.2) is 0 Å². The van der Waals surface area contributed by atoms with Crippen LogP contribution in [0.1, 0.15) is 48.5 Å². The minimum atomic E-state index is -0.0204. The van der Waals surface area contributed by atoms with Crippen molar-refractivity contribution >= 4 is 5.91 Å². The molecule has 0 bridgehead atoms. The zero-order valence-corrected chi connectivity index (χ0v) is 11.9. The number of carbonyl (C=O) groups is 1. The van der Waals surface area contributed by atoms with E-state index in [2.05, 4.69) is 24.1 Å². The summed E-state index contributed by atoms with van der Waals surface area (Å²) in [6.07, 6.45) is 4.15. The average Bonchev–Trinajstić information content (AvgIpc) is 2.44. The predicted octanol–water partition coefficient (Wildman–Crippen LogP) is 2.34. The van der Waals surface area contributed by atoms with Crippen LogP contribution in [0.4, 0.5) is 0 Å². The molecule has 1 aromatic rings. The van der Waals surface area contributed by atoms with Crippen LogP contribution in [0.3, 0.4) is 0 Å². The fourth-order valence-corrected chi connectivity index (χ4v) is 2.28. The third-order valence-electron chi connectivity index (χ3n) is 3.85. The van der Waals surface area contributed by atoms with E-state index in [4.69, 9.17) is 5.11 Å². The minimum absolute atomic E-state index is 0.0204. The predicted molar refractivity (Wildman–Crippen MR) is 79.3 cm³/mol. The lowest BCUT2D eigenvalue weighted by Gasteiger charge is -2.38. The molecule has 3 nitrogen and oxygen atoms in total. The molecule has 1 saturated carbocycles. The van der Waals surface area contributed by atoms with Crippen molar-refractivity contribution in [3.05, 3.63) is 35.4 Å². The van der Waals surface area contributed by atoms with Gasteiger partial charge in [0.2, 0.25) is 0 Å². The van der Waals surface area contributed by atoms with Gasteiger partial charge in [-0.15, -0.1) is 0 Å². The van der Waals surface area contributed by atoms with Crippen molar-refractivity contribution in [1.82, 2.24) is 5.32 Å². The van der Waals surface area contributed by atoms with Crippen molar-refractivity contribution in [2.45, 2.75) is 32.6 Å². The fraction of sp³-hybridized carbons (Fsp3) is 0.471. The topological polar surface area (TPSA) is 49.3 Å². The Morgan fingerprint density at radius 3 is 2.60 bits per heavy atom. The molecule has 3 heteroatoms. The molecule has 1 aliphatic carbocycles. The second-order valence-electron chi connectivity index (χ2n) is 5.70. The van der Waals surface area contributed by atoms with E-state index in [-0.39, 0.29) is 12.5 Å². The first-order chi connectivity index (χ1) is 9.63. The van der Waals surface area contributed by atoms with E-state index in [1.165, 1.54) is 19.3 Å². The van der Waals surface area contributed by atoms with E-state index in [9.17, 15) is 4.79 Å². The van der Waals surface area contributed by atoms with Crippen LogP contribution < -0.4 is 5.32 Å². The number of amides is 1. The van der Waals surface area contributed by atoms with Gasteiger partial charge in [-0.3, -0.25) is 4.79 Å². The lowest BCUT2D eigenvalue weighted by molar-refractivity contribution is 0.0891. The fourth-order valence-electron chi connectivity index (χ4n) is 2.28. The largest absolute Gasteiger partial charge is 0.395 e. The highest BCUT2D eigenvalue weighted by atomic mass is 16.2. The Balaban J connectivity index is 1.89. The van der Waals surface area contributed by atoms with Crippen molar-refractivity contribution < 1.29 is 9.90 Å². The normalized spacial score (nSPS) is 15.7. The van der Waals surface area contributed by atoms with E-state index in [1.807, 2.05) is 12.1 Å². The smallest absolute Gasteiger partial charge is 0.251 e. The number of aliphatic hydroxyl groups excluding tert-OH is 1. The van der Waals surface area contributed by atoms with Gasteiger partial charge in [0.15, 0.2) is 0 Å². The van der Waals surface area contributed by atoms with Crippen molar-refractivity contribution in [2.24, 2.45) is 5.41 Å². The van der Waals surface area contributed by atoms with Crippen molar-refractivity contribution in [3.63, 3.8) is 0 Å². The van der Waals surface area contributed by atoms with Crippen LogP contribution in [0.15, 0.2) is 24.3 Å². The number of rotatable bonds is 4. The summed E-state index contributed by atoms with van der Waals surface area (Å²) in [5, 5.41) is 11.7. The minimum Gasteiger partial charge on any atom is -0.395 e. The van der Waals surface area contributed by atoms with Crippen LogP contribution in [0, 0.1) is 17.3 Å². The third-order valence-corrected chi connectivity index (χ3v) is 3.85. The third kappa shape index (κ3) is 3.85. The Labute approximate surface area is 120 Å². The second-order valence-corrected chi connectivity index (χ2v) is 5.70. The maximum Gasteiger partial charge on any atom is 0.251 e. The van der Waals surface area contributed by atoms with Gasteiger partial charge in [0.05, 0.1) is 6.61 Å². The Hall–Kier alpha value is -1.79. The maximum atomic E-state index is 12.0. The average molecular weight is 271 g/mol. The van der Waals surface area contributed by atoms with Crippen LogP contribution in [0.5, 0.6) is 0 Å². The molecule has 0 heterocycles. The highest BCUT2D eigenvalue weighted by Crippen LogP contribution is 2.39. The molecule has 2 N–H and O–H groups in total. The van der Waals surface area contributed by atoms with Gasteiger partial charge in [-0.2, -0.15) is 0 Å². The zero-order chi connectivity index (χ0) is 14.4. The number of aliphatic hydroxyl groups is 1. The zero-order valence-electron chi connectivity index (χ0n) is 11.9. The number of carbonyl (C=O) groups excluding carboxylic acids is 1. The van der Waals surface area contributed by atoms with Gasteiger partial charge in [-0.05, 0) is 42.5 Å². The first-order valence-corrected chi connectivity index (χ1v) is 7.11. The molecule has 0 atom stereocenters. The van der Waals surface area contributed by atoms with Crippen LogP contribution in [-0.4, -0.2) is 24.2 Å². The molecule has 2 rings (SSSR count). The molecule has 1 fully saturated rings. The molecule has 0 spiro atoms. The standard InChI is InChI=1S/C17H21NO2/c1-17(10-4-11-17)13-18-16(20)15-8-6-14(7-9-15)5-2-3-12-19/h6-9,19H,3-4,10-13H2,1H3,(H,18,20). The van der Waals surface area contributed by atoms with Gasteiger partial charge in [0.1, 0.15) is 0 Å². The molecule has 106 valence electrons.